The fraction of sp³-hybridized carbons (Fsp3) is 0.174. The molecule has 2 heterocycles. The molecule has 0 spiro atoms. The van der Waals surface area contributed by atoms with Crippen molar-refractivity contribution in [3.63, 3.8) is 0 Å². The van der Waals surface area contributed by atoms with Gasteiger partial charge in [0, 0.05) is 16.6 Å². The predicted molar refractivity (Wildman–Crippen MR) is 120 cm³/mol. The number of halogens is 1. The van der Waals surface area contributed by atoms with Crippen molar-refractivity contribution in [1.29, 1.82) is 0 Å². The van der Waals surface area contributed by atoms with Crippen molar-refractivity contribution in [2.75, 3.05) is 6.61 Å². The number of fused-ring (bicyclic) bond motifs is 1. The normalized spacial score (nSPS) is 10.9. The summed E-state index contributed by atoms with van der Waals surface area (Å²) in [5.41, 5.74) is 2.68. The molecule has 6 nitrogen and oxygen atoms in total. The van der Waals surface area contributed by atoms with Gasteiger partial charge in [-0.1, -0.05) is 41.9 Å². The number of imidazole rings is 1. The number of hydrogen-bond donors (Lipinski definition) is 0. The van der Waals surface area contributed by atoms with Crippen LogP contribution in [0.25, 0.3) is 16.2 Å². The predicted octanol–water partition coefficient (Wildman–Crippen LogP) is 5.21. The molecule has 31 heavy (non-hydrogen) atoms. The molecule has 0 unspecified atom stereocenters. The number of aromatic nitrogens is 2. The van der Waals surface area contributed by atoms with Gasteiger partial charge in [0.1, 0.15) is 23.7 Å². The molecule has 0 N–H and O–H groups in total. The quantitative estimate of drug-likeness (QED) is 0.270. The van der Waals surface area contributed by atoms with Crippen molar-refractivity contribution < 1.29 is 19.1 Å². The van der Waals surface area contributed by atoms with E-state index in [2.05, 4.69) is 4.98 Å². The maximum atomic E-state index is 11.8. The minimum Gasteiger partial charge on any atom is -0.487 e. The van der Waals surface area contributed by atoms with E-state index in [0.29, 0.717) is 45.9 Å². The number of benzene rings is 2. The van der Waals surface area contributed by atoms with E-state index in [4.69, 9.17) is 21.1 Å². The molecule has 0 radical (unpaired) electrons. The van der Waals surface area contributed by atoms with Crippen LogP contribution in [0.3, 0.4) is 0 Å². The molecule has 4 rings (SSSR count). The highest BCUT2D eigenvalue weighted by molar-refractivity contribution is 7.17. The van der Waals surface area contributed by atoms with Gasteiger partial charge < -0.3 is 9.47 Å². The summed E-state index contributed by atoms with van der Waals surface area (Å²) in [6.45, 7) is 2.50. The van der Waals surface area contributed by atoms with Crippen LogP contribution in [0.5, 0.6) is 5.75 Å². The zero-order valence-electron chi connectivity index (χ0n) is 16.7. The Kier molecular flexibility index (Phi) is 6.34. The van der Waals surface area contributed by atoms with Crippen molar-refractivity contribution in [1.82, 2.24) is 9.38 Å². The summed E-state index contributed by atoms with van der Waals surface area (Å²) in [5.74, 6) is 0.248. The van der Waals surface area contributed by atoms with Gasteiger partial charge in [0.25, 0.3) is 0 Å². The molecule has 8 heteroatoms. The van der Waals surface area contributed by atoms with Crippen LogP contribution in [0.2, 0.25) is 5.02 Å². The Balaban J connectivity index is 1.57. The SMILES string of the molecule is CCOC(=O)Cc1cn2c(C=O)c(-c3ccc(OCc4ccccc4)c(Cl)c3)nc2s1. The molecule has 0 atom stereocenters. The number of ether oxygens (including phenoxy) is 2. The number of nitrogens with zero attached hydrogens (tertiary/aromatic N) is 2. The number of carbonyl (C=O) groups excluding carboxylic acids is 2. The molecule has 0 aliphatic rings. The highest BCUT2D eigenvalue weighted by atomic mass is 35.5. The third-order valence-corrected chi connectivity index (χ3v) is 5.87. The summed E-state index contributed by atoms with van der Waals surface area (Å²) in [5, 5.41) is 0.435. The first-order valence-corrected chi connectivity index (χ1v) is 10.9. The number of thiazole rings is 1. The molecular formula is C23H19ClN2O4S. The number of aldehydes is 1. The molecule has 158 valence electrons. The van der Waals surface area contributed by atoms with Crippen LogP contribution >= 0.6 is 22.9 Å². The average molecular weight is 455 g/mol. The van der Waals surface area contributed by atoms with Gasteiger partial charge in [-0.25, -0.2) is 4.98 Å². The maximum Gasteiger partial charge on any atom is 0.311 e. The first kappa shape index (κ1) is 21.1. The second-order valence-corrected chi connectivity index (χ2v) is 8.22. The summed E-state index contributed by atoms with van der Waals surface area (Å²) in [7, 11) is 0. The Morgan fingerprint density at radius 2 is 2.03 bits per heavy atom. The number of hydrogen-bond acceptors (Lipinski definition) is 6. The van der Waals surface area contributed by atoms with Crippen molar-refractivity contribution in [3.05, 3.63) is 75.9 Å². The van der Waals surface area contributed by atoms with E-state index < -0.39 is 0 Å². The van der Waals surface area contributed by atoms with Crippen LogP contribution in [0.15, 0.2) is 54.7 Å². The van der Waals surface area contributed by atoms with Crippen LogP contribution < -0.4 is 4.74 Å². The van der Waals surface area contributed by atoms with Gasteiger partial charge in [-0.3, -0.25) is 14.0 Å². The Morgan fingerprint density at radius 3 is 2.74 bits per heavy atom. The Bertz CT molecular complexity index is 1230. The van der Waals surface area contributed by atoms with Gasteiger partial charge in [-0.2, -0.15) is 0 Å². The summed E-state index contributed by atoms with van der Waals surface area (Å²) < 4.78 is 12.5. The van der Waals surface area contributed by atoms with E-state index in [1.807, 2.05) is 36.4 Å². The zero-order valence-corrected chi connectivity index (χ0v) is 18.3. The molecule has 0 bridgehead atoms. The van der Waals surface area contributed by atoms with E-state index in [-0.39, 0.29) is 12.4 Å². The topological polar surface area (TPSA) is 69.9 Å². The summed E-state index contributed by atoms with van der Waals surface area (Å²) >= 11 is 7.77. The van der Waals surface area contributed by atoms with E-state index in [0.717, 1.165) is 16.7 Å². The summed E-state index contributed by atoms with van der Waals surface area (Å²) in [6.07, 6.45) is 2.65. The van der Waals surface area contributed by atoms with Crippen molar-refractivity contribution >= 4 is 40.2 Å². The van der Waals surface area contributed by atoms with Gasteiger partial charge in [0.05, 0.1) is 18.1 Å². The third-order valence-electron chi connectivity index (χ3n) is 4.59. The Labute approximate surface area is 188 Å². The first-order chi connectivity index (χ1) is 15.1. The number of rotatable bonds is 8. The smallest absolute Gasteiger partial charge is 0.311 e. The van der Waals surface area contributed by atoms with E-state index in [1.165, 1.54) is 11.3 Å². The van der Waals surface area contributed by atoms with E-state index in [9.17, 15) is 9.59 Å². The second-order valence-electron chi connectivity index (χ2n) is 6.71. The van der Waals surface area contributed by atoms with Gasteiger partial charge in [0.15, 0.2) is 11.2 Å². The van der Waals surface area contributed by atoms with Gasteiger partial charge >= 0.3 is 5.97 Å². The lowest BCUT2D eigenvalue weighted by molar-refractivity contribution is -0.142. The minimum absolute atomic E-state index is 0.148. The monoisotopic (exact) mass is 454 g/mol. The Morgan fingerprint density at radius 1 is 1.23 bits per heavy atom. The minimum atomic E-state index is -0.308. The molecular weight excluding hydrogens is 436 g/mol. The van der Waals surface area contributed by atoms with Crippen molar-refractivity contribution in [3.8, 4) is 17.0 Å². The fourth-order valence-electron chi connectivity index (χ4n) is 3.17. The number of esters is 1. The lowest BCUT2D eigenvalue weighted by atomic mass is 10.1. The van der Waals surface area contributed by atoms with Crippen LogP contribution in [0.4, 0.5) is 0 Å². The fourth-order valence-corrected chi connectivity index (χ4v) is 4.37. The van der Waals surface area contributed by atoms with Gasteiger partial charge in [-0.15, -0.1) is 11.3 Å². The molecule has 0 fully saturated rings. The highest BCUT2D eigenvalue weighted by Gasteiger charge is 2.18. The maximum absolute atomic E-state index is 11.8. The second kappa shape index (κ2) is 9.32. The lowest BCUT2D eigenvalue weighted by Crippen LogP contribution is -2.06. The van der Waals surface area contributed by atoms with Gasteiger partial charge in [0.2, 0.25) is 0 Å². The molecule has 0 aliphatic heterocycles. The third kappa shape index (κ3) is 4.62. The van der Waals surface area contributed by atoms with Crippen LogP contribution in [-0.4, -0.2) is 28.2 Å². The molecule has 2 aromatic carbocycles. The van der Waals surface area contributed by atoms with Crippen molar-refractivity contribution in [2.45, 2.75) is 20.0 Å². The lowest BCUT2D eigenvalue weighted by Gasteiger charge is -2.09. The molecule has 0 saturated carbocycles. The standard InChI is InChI=1S/C23H19ClN2O4S/c1-2-29-21(28)11-17-12-26-19(13-27)22(25-23(26)31-17)16-8-9-20(18(24)10-16)30-14-15-6-4-3-5-7-15/h3-10,12-13H,2,11,14H2,1H3. The largest absolute Gasteiger partial charge is 0.487 e. The van der Waals surface area contributed by atoms with Crippen LogP contribution in [0, 0.1) is 0 Å². The summed E-state index contributed by atoms with van der Waals surface area (Å²) in [4.78, 5) is 29.5. The zero-order chi connectivity index (χ0) is 21.8. The van der Waals surface area contributed by atoms with Gasteiger partial charge in [-0.05, 0) is 30.7 Å². The average Bonchev–Trinajstić information content (AvgIpc) is 3.30. The highest BCUT2D eigenvalue weighted by Crippen LogP contribution is 2.33. The van der Waals surface area contributed by atoms with Crippen LogP contribution in [-0.2, 0) is 22.6 Å². The van der Waals surface area contributed by atoms with E-state index >= 15 is 0 Å². The van der Waals surface area contributed by atoms with Crippen LogP contribution in [0.1, 0.15) is 27.9 Å². The molecule has 4 aromatic rings. The Hall–Kier alpha value is -3.16. The van der Waals surface area contributed by atoms with E-state index in [1.54, 1.807) is 29.7 Å². The molecule has 0 saturated heterocycles. The molecule has 2 aromatic heterocycles. The number of carbonyl (C=O) groups is 2. The summed E-state index contributed by atoms with van der Waals surface area (Å²) in [6, 6.07) is 15.1. The van der Waals surface area contributed by atoms with Crippen molar-refractivity contribution in [2.24, 2.45) is 0 Å². The molecule has 0 aliphatic carbocycles. The first-order valence-electron chi connectivity index (χ1n) is 9.67. The molecule has 0 amide bonds.